The molecule has 0 radical (unpaired) electrons. The number of aliphatic hydroxyl groups is 1. The molecule has 0 amide bonds. The van der Waals surface area contributed by atoms with E-state index in [4.69, 9.17) is 15.6 Å². The quantitative estimate of drug-likeness (QED) is 0.320. The summed E-state index contributed by atoms with van der Waals surface area (Å²) >= 11 is 0. The lowest BCUT2D eigenvalue weighted by molar-refractivity contribution is -0.107. The summed E-state index contributed by atoms with van der Waals surface area (Å²) in [6.07, 6.45) is 8.69. The van der Waals surface area contributed by atoms with Crippen LogP contribution in [0.1, 0.15) is 44.6 Å². The van der Waals surface area contributed by atoms with Gasteiger partial charge < -0.3 is 35.5 Å². The number of nitrogens with one attached hydrogen (secondary N) is 1. The monoisotopic (exact) mass is 524 g/mol. The number of likely N-dealkylation sites (N-methyl/N-ethyl adjacent to an activating group) is 1. The number of rotatable bonds is 11. The average Bonchev–Trinajstić information content (AvgIpc) is 3.28. The van der Waals surface area contributed by atoms with Crippen LogP contribution in [-0.4, -0.2) is 83.6 Å². The van der Waals surface area contributed by atoms with Crippen molar-refractivity contribution in [1.29, 1.82) is 0 Å². The van der Waals surface area contributed by atoms with Gasteiger partial charge in [0, 0.05) is 31.7 Å². The van der Waals surface area contributed by atoms with Gasteiger partial charge in [0.1, 0.15) is 24.2 Å². The van der Waals surface area contributed by atoms with E-state index >= 15 is 0 Å². The summed E-state index contributed by atoms with van der Waals surface area (Å²) in [5, 5.41) is 17.4. The number of hydrogen-bond acceptors (Lipinski definition) is 10. The molecule has 5 rings (SSSR count). The highest BCUT2D eigenvalue weighted by molar-refractivity contribution is 5.86. The highest BCUT2D eigenvalue weighted by Gasteiger charge is 2.20. The maximum absolute atomic E-state index is 9.79. The zero-order valence-electron chi connectivity index (χ0n) is 22.5. The maximum Gasteiger partial charge on any atom is 0.222 e. The smallest absolute Gasteiger partial charge is 0.222 e. The van der Waals surface area contributed by atoms with Crippen molar-refractivity contribution in [2.75, 3.05) is 62.0 Å². The van der Waals surface area contributed by atoms with Gasteiger partial charge in [0.2, 0.25) is 5.95 Å². The Bertz CT molecular complexity index is 1200. The Morgan fingerprint density at radius 1 is 1.29 bits per heavy atom. The lowest BCUT2D eigenvalue weighted by atomic mass is 9.93. The number of carbonyl (C=O) groups is 1. The highest BCUT2D eigenvalue weighted by atomic mass is 16.5. The number of aromatic nitrogens is 4. The topological polar surface area (TPSA) is 135 Å². The number of aliphatic hydroxyl groups excluding tert-OH is 1. The molecule has 0 saturated heterocycles. The number of anilines is 3. The molecule has 0 bridgehead atoms. The number of nitrogen functional groups attached to an aromatic ring is 1. The number of fused-ring (bicyclic) bond motifs is 2. The summed E-state index contributed by atoms with van der Waals surface area (Å²) in [4.78, 5) is 22.8. The molecule has 206 valence electrons. The minimum atomic E-state index is 0.0385. The van der Waals surface area contributed by atoms with Crippen LogP contribution in [-0.2, 0) is 11.3 Å². The van der Waals surface area contributed by atoms with Crippen LogP contribution in [0.5, 0.6) is 5.75 Å². The second-order valence-electron chi connectivity index (χ2n) is 9.77. The van der Waals surface area contributed by atoms with E-state index in [1.54, 1.807) is 0 Å². The van der Waals surface area contributed by atoms with Gasteiger partial charge in [-0.1, -0.05) is 31.9 Å². The predicted octanol–water partition coefficient (Wildman–Crippen LogP) is 2.21. The van der Waals surface area contributed by atoms with E-state index in [9.17, 15) is 9.90 Å². The fourth-order valence-electron chi connectivity index (χ4n) is 4.63. The highest BCUT2D eigenvalue weighted by Crippen LogP contribution is 2.35. The van der Waals surface area contributed by atoms with Gasteiger partial charge in [0.15, 0.2) is 11.3 Å². The van der Waals surface area contributed by atoms with Gasteiger partial charge in [0.25, 0.3) is 0 Å². The van der Waals surface area contributed by atoms with Crippen LogP contribution in [0.25, 0.3) is 11.0 Å². The molecule has 1 aliphatic heterocycles. The molecule has 38 heavy (non-hydrogen) atoms. The van der Waals surface area contributed by atoms with E-state index in [0.29, 0.717) is 49.1 Å². The zero-order valence-corrected chi connectivity index (χ0v) is 22.5. The molecule has 0 spiro atoms. The van der Waals surface area contributed by atoms with Crippen molar-refractivity contribution in [2.45, 2.75) is 51.6 Å². The van der Waals surface area contributed by atoms with Crippen LogP contribution in [0, 0.1) is 0 Å². The second kappa shape index (κ2) is 13.4. The van der Waals surface area contributed by atoms with Gasteiger partial charge in [-0.25, -0.2) is 4.98 Å². The summed E-state index contributed by atoms with van der Waals surface area (Å²) in [6, 6.07) is 6.83. The molecule has 1 aliphatic carbocycles. The fraction of sp³-hybridized carbons (Fsp3) is 0.556. The summed E-state index contributed by atoms with van der Waals surface area (Å²) in [7, 11) is 2.07. The van der Waals surface area contributed by atoms with E-state index < -0.39 is 0 Å². The molecule has 1 aromatic carbocycles. The summed E-state index contributed by atoms with van der Waals surface area (Å²) in [6.45, 7) is 6.06. The van der Waals surface area contributed by atoms with Gasteiger partial charge in [-0.3, -0.25) is 4.68 Å². The summed E-state index contributed by atoms with van der Waals surface area (Å²) in [5.41, 5.74) is 9.52. The van der Waals surface area contributed by atoms with Gasteiger partial charge in [0.05, 0.1) is 38.1 Å². The molecule has 2 aliphatic rings. The molecule has 1 fully saturated rings. The van der Waals surface area contributed by atoms with Crippen LogP contribution >= 0.6 is 0 Å². The molecule has 0 unspecified atom stereocenters. The van der Waals surface area contributed by atoms with Crippen molar-refractivity contribution < 1.29 is 14.6 Å². The van der Waals surface area contributed by atoms with Gasteiger partial charge in [-0.15, -0.1) is 0 Å². The Hall–Kier alpha value is -3.44. The van der Waals surface area contributed by atoms with Gasteiger partial charge in [-0.2, -0.15) is 10.1 Å². The Morgan fingerprint density at radius 2 is 2.13 bits per heavy atom. The third-order valence-electron chi connectivity index (χ3n) is 6.95. The molecular formula is C27H40N8O3. The van der Waals surface area contributed by atoms with Gasteiger partial charge in [-0.05, 0) is 25.3 Å². The Labute approximate surface area is 224 Å². The van der Waals surface area contributed by atoms with Crippen LogP contribution in [0.2, 0.25) is 0 Å². The first kappa shape index (κ1) is 27.6. The molecule has 3 aromatic rings. The SMILES string of the molecule is CCCCN(CCO)c1nc(N)nc2cn(Cc3cccc4c3OCCN4C)nc12.O=CCNC1CCC1. The van der Waals surface area contributed by atoms with Crippen LogP contribution in [0.3, 0.4) is 0 Å². The van der Waals surface area contributed by atoms with Crippen molar-refractivity contribution in [2.24, 2.45) is 0 Å². The first-order valence-electron chi connectivity index (χ1n) is 13.5. The number of hydrogen-bond donors (Lipinski definition) is 3. The number of benzene rings is 1. The van der Waals surface area contributed by atoms with E-state index in [-0.39, 0.29) is 12.6 Å². The van der Waals surface area contributed by atoms with Crippen molar-refractivity contribution in [1.82, 2.24) is 25.1 Å². The molecule has 11 heteroatoms. The van der Waals surface area contributed by atoms with Crippen molar-refractivity contribution in [3.8, 4) is 5.75 Å². The fourth-order valence-corrected chi connectivity index (χ4v) is 4.63. The third kappa shape index (κ3) is 6.70. The molecular weight excluding hydrogens is 484 g/mol. The molecule has 0 atom stereocenters. The first-order valence-corrected chi connectivity index (χ1v) is 13.5. The van der Waals surface area contributed by atoms with Crippen LogP contribution in [0.4, 0.5) is 17.5 Å². The molecule has 2 aromatic heterocycles. The minimum Gasteiger partial charge on any atom is -0.489 e. The largest absolute Gasteiger partial charge is 0.489 e. The Balaban J connectivity index is 0.000000360. The third-order valence-corrected chi connectivity index (χ3v) is 6.95. The number of ether oxygens (including phenoxy) is 1. The molecule has 11 nitrogen and oxygen atoms in total. The number of carbonyl (C=O) groups excluding carboxylic acids is 1. The number of nitrogens with two attached hydrogens (primary N) is 1. The number of unbranched alkanes of at least 4 members (excludes halogenated alkanes) is 1. The van der Waals surface area contributed by atoms with E-state index in [2.05, 4.69) is 46.3 Å². The second-order valence-corrected chi connectivity index (χ2v) is 9.77. The molecule has 3 heterocycles. The van der Waals surface area contributed by atoms with Crippen molar-refractivity contribution >= 4 is 34.8 Å². The first-order chi connectivity index (χ1) is 18.5. The summed E-state index contributed by atoms with van der Waals surface area (Å²) in [5.74, 6) is 1.78. The van der Waals surface area contributed by atoms with Gasteiger partial charge >= 0.3 is 0 Å². The van der Waals surface area contributed by atoms with Crippen molar-refractivity contribution in [3.63, 3.8) is 0 Å². The lowest BCUT2D eigenvalue weighted by Gasteiger charge is -2.29. The minimum absolute atomic E-state index is 0.0385. The number of aldehydes is 1. The zero-order chi connectivity index (χ0) is 26.9. The summed E-state index contributed by atoms with van der Waals surface area (Å²) < 4.78 is 7.82. The predicted molar refractivity (Wildman–Crippen MR) is 150 cm³/mol. The normalized spacial score (nSPS) is 14.8. The number of para-hydroxylation sites is 1. The Kier molecular flexibility index (Phi) is 9.72. The Morgan fingerprint density at radius 3 is 2.84 bits per heavy atom. The maximum atomic E-state index is 9.79. The molecule has 1 saturated carbocycles. The van der Waals surface area contributed by atoms with Crippen LogP contribution in [0.15, 0.2) is 24.4 Å². The average molecular weight is 525 g/mol. The van der Waals surface area contributed by atoms with Crippen LogP contribution < -0.4 is 25.6 Å². The van der Waals surface area contributed by atoms with E-state index in [0.717, 1.165) is 49.2 Å². The standard InChI is InChI=1S/C21H29N7O2.C6H11NO/c1-3-4-8-27(9-11-29)20-18-16(23-21(22)24-20)14-28(25-18)13-15-6-5-7-17-19(15)30-12-10-26(17)2;8-5-4-7-6-2-1-3-6/h5-7,14,29H,3-4,8-13H2,1-2H3,(H2,22,23);5-7H,1-4H2. The van der Waals surface area contributed by atoms with E-state index in [1.807, 2.05) is 21.8 Å². The lowest BCUT2D eigenvalue weighted by Crippen LogP contribution is -2.35. The van der Waals surface area contributed by atoms with E-state index in [1.165, 1.54) is 19.3 Å². The number of nitrogens with zero attached hydrogens (tertiary/aromatic N) is 6. The molecule has 4 N–H and O–H groups in total. The van der Waals surface area contributed by atoms with Crippen molar-refractivity contribution in [3.05, 3.63) is 30.0 Å².